The smallest absolute Gasteiger partial charge is 0.410 e. The predicted molar refractivity (Wildman–Crippen MR) is 143 cm³/mol. The highest BCUT2D eigenvalue weighted by molar-refractivity contribution is 5.78. The molecular weight excluding hydrogens is 508 g/mol. The third-order valence-electron chi connectivity index (χ3n) is 6.52. The molecule has 1 aromatic heterocycles. The second-order valence-electron chi connectivity index (χ2n) is 9.28. The number of methoxy groups -OCH3 is 1. The first-order chi connectivity index (χ1) is 18.8. The van der Waals surface area contributed by atoms with Crippen LogP contribution in [0, 0.1) is 16.0 Å². The second-order valence-corrected chi connectivity index (χ2v) is 9.28. The number of benzene rings is 1. The van der Waals surface area contributed by atoms with Crippen LogP contribution < -0.4 is 15.4 Å². The highest BCUT2D eigenvalue weighted by Gasteiger charge is 2.31. The fourth-order valence-corrected chi connectivity index (χ4v) is 4.24. The van der Waals surface area contributed by atoms with E-state index in [4.69, 9.17) is 19.9 Å². The first kappa shape index (κ1) is 29.4. The molecule has 1 aliphatic rings. The van der Waals surface area contributed by atoms with Crippen LogP contribution in [0.3, 0.4) is 0 Å². The summed E-state index contributed by atoms with van der Waals surface area (Å²) in [5.74, 6) is -0.784. The number of ether oxygens (including phenoxy) is 3. The Labute approximate surface area is 227 Å². The van der Waals surface area contributed by atoms with Gasteiger partial charge in [0.05, 0.1) is 18.6 Å². The van der Waals surface area contributed by atoms with Gasteiger partial charge in [0.2, 0.25) is 11.6 Å². The molecule has 0 saturated carbocycles. The number of nitro groups is 1. The van der Waals surface area contributed by atoms with Crippen molar-refractivity contribution in [2.75, 3.05) is 50.5 Å². The lowest BCUT2D eigenvalue weighted by atomic mass is 9.93. The molecule has 1 amide bonds. The van der Waals surface area contributed by atoms with Gasteiger partial charge in [-0.1, -0.05) is 43.7 Å². The zero-order chi connectivity index (χ0) is 28.2. The molecule has 0 spiro atoms. The highest BCUT2D eigenvalue weighted by Crippen LogP contribution is 2.33. The molecule has 39 heavy (non-hydrogen) atoms. The van der Waals surface area contributed by atoms with Crippen molar-refractivity contribution in [2.45, 2.75) is 45.6 Å². The lowest BCUT2D eigenvalue weighted by Gasteiger charge is -2.32. The summed E-state index contributed by atoms with van der Waals surface area (Å²) < 4.78 is 15.8. The average molecular weight is 545 g/mol. The molecule has 0 aliphatic carbocycles. The van der Waals surface area contributed by atoms with Gasteiger partial charge in [0.1, 0.15) is 13.2 Å². The van der Waals surface area contributed by atoms with Crippen LogP contribution in [-0.4, -0.2) is 71.7 Å². The number of hydrogen-bond donors (Lipinski definition) is 1. The molecular formula is C26H36N6O7. The van der Waals surface area contributed by atoms with Crippen LogP contribution in [0.2, 0.25) is 0 Å². The number of anilines is 2. The van der Waals surface area contributed by atoms with Gasteiger partial charge in [-0.25, -0.2) is 4.79 Å². The number of unbranched alkanes of at least 4 members (excludes halogenated alkanes) is 1. The molecule has 3 rings (SSSR count). The normalized spacial score (nSPS) is 13.5. The summed E-state index contributed by atoms with van der Waals surface area (Å²) in [7, 11) is 1.25. The van der Waals surface area contributed by atoms with Crippen LogP contribution in [0.1, 0.15) is 44.6 Å². The molecule has 1 aromatic carbocycles. The van der Waals surface area contributed by atoms with E-state index in [1.807, 2.05) is 37.3 Å². The number of amides is 1. The van der Waals surface area contributed by atoms with Crippen LogP contribution in [-0.2, 0) is 20.9 Å². The van der Waals surface area contributed by atoms with E-state index in [1.165, 1.54) is 12.0 Å². The van der Waals surface area contributed by atoms with E-state index in [1.54, 1.807) is 4.90 Å². The number of rotatable bonds is 13. The van der Waals surface area contributed by atoms with Crippen molar-refractivity contribution < 1.29 is 28.7 Å². The zero-order valence-electron chi connectivity index (χ0n) is 22.4. The predicted octanol–water partition coefficient (Wildman–Crippen LogP) is 3.56. The van der Waals surface area contributed by atoms with Gasteiger partial charge in [-0.3, -0.25) is 14.9 Å². The standard InChI is InChI=1S/C26H36N6O7/c1-3-4-16-38-25-28-23(27)22(32(35)36)24(29-25)31(17-21(33)37-2)15-12-19-10-13-30(14-11-19)26(34)39-18-20-8-6-5-7-9-20/h5-9,19H,3-4,10-18H2,1-2H3,(H2,27,28,29). The summed E-state index contributed by atoms with van der Waals surface area (Å²) in [6, 6.07) is 9.40. The maximum absolute atomic E-state index is 12.5. The van der Waals surface area contributed by atoms with Gasteiger partial charge in [-0.05, 0) is 37.2 Å². The van der Waals surface area contributed by atoms with Gasteiger partial charge in [-0.15, -0.1) is 0 Å². The Morgan fingerprint density at radius 3 is 2.56 bits per heavy atom. The molecule has 0 atom stereocenters. The molecule has 0 bridgehead atoms. The number of esters is 1. The van der Waals surface area contributed by atoms with Crippen LogP contribution in [0.5, 0.6) is 6.01 Å². The maximum Gasteiger partial charge on any atom is 0.410 e. The highest BCUT2D eigenvalue weighted by atomic mass is 16.6. The third kappa shape index (κ3) is 8.69. The second kappa shape index (κ2) is 14.7. The van der Waals surface area contributed by atoms with Crippen molar-refractivity contribution in [3.05, 3.63) is 46.0 Å². The van der Waals surface area contributed by atoms with Crippen LogP contribution >= 0.6 is 0 Å². The molecule has 1 saturated heterocycles. The van der Waals surface area contributed by atoms with Gasteiger partial charge in [0.15, 0.2) is 0 Å². The molecule has 13 nitrogen and oxygen atoms in total. The number of hydrogen-bond acceptors (Lipinski definition) is 11. The van der Waals surface area contributed by atoms with Crippen molar-refractivity contribution in [3.8, 4) is 6.01 Å². The Bertz CT molecular complexity index is 1110. The number of nitrogens with two attached hydrogens (primary N) is 1. The van der Waals surface area contributed by atoms with E-state index in [0.717, 1.165) is 31.2 Å². The van der Waals surface area contributed by atoms with Gasteiger partial charge in [0, 0.05) is 19.6 Å². The van der Waals surface area contributed by atoms with E-state index in [2.05, 4.69) is 9.97 Å². The fourth-order valence-electron chi connectivity index (χ4n) is 4.24. The Kier molecular flexibility index (Phi) is 11.1. The minimum absolute atomic E-state index is 0.0845. The van der Waals surface area contributed by atoms with E-state index < -0.39 is 16.6 Å². The first-order valence-electron chi connectivity index (χ1n) is 13.0. The van der Waals surface area contributed by atoms with Crippen molar-refractivity contribution >= 4 is 29.4 Å². The van der Waals surface area contributed by atoms with Gasteiger partial charge in [-0.2, -0.15) is 9.97 Å². The Morgan fingerprint density at radius 1 is 1.21 bits per heavy atom. The number of aromatic nitrogens is 2. The monoisotopic (exact) mass is 544 g/mol. The van der Waals surface area contributed by atoms with Crippen LogP contribution in [0.4, 0.5) is 22.1 Å². The third-order valence-corrected chi connectivity index (χ3v) is 6.52. The van der Waals surface area contributed by atoms with Gasteiger partial charge >= 0.3 is 23.8 Å². The molecule has 0 unspecified atom stereocenters. The molecule has 1 aliphatic heterocycles. The number of nitrogen functional groups attached to an aromatic ring is 1. The van der Waals surface area contributed by atoms with Crippen molar-refractivity contribution in [3.63, 3.8) is 0 Å². The molecule has 212 valence electrons. The maximum atomic E-state index is 12.5. The lowest BCUT2D eigenvalue weighted by molar-refractivity contribution is -0.383. The minimum atomic E-state index is -0.662. The zero-order valence-corrected chi connectivity index (χ0v) is 22.4. The van der Waals surface area contributed by atoms with Crippen molar-refractivity contribution in [1.82, 2.24) is 14.9 Å². The summed E-state index contributed by atoms with van der Waals surface area (Å²) >= 11 is 0. The average Bonchev–Trinajstić information content (AvgIpc) is 2.94. The lowest BCUT2D eigenvalue weighted by Crippen LogP contribution is -2.40. The summed E-state index contributed by atoms with van der Waals surface area (Å²) in [5.41, 5.74) is 6.34. The van der Waals surface area contributed by atoms with E-state index in [9.17, 15) is 19.7 Å². The number of nitrogens with zero attached hydrogens (tertiary/aromatic N) is 5. The molecule has 1 fully saturated rings. The SMILES string of the molecule is CCCCOc1nc(N)c([N+](=O)[O-])c(N(CCC2CCN(C(=O)OCc3ccccc3)CC2)CC(=O)OC)n1. The summed E-state index contributed by atoms with van der Waals surface area (Å²) in [5, 5.41) is 11.8. The molecule has 2 N–H and O–H groups in total. The van der Waals surface area contributed by atoms with Gasteiger partial charge < -0.3 is 29.7 Å². The van der Waals surface area contributed by atoms with Crippen molar-refractivity contribution in [1.29, 1.82) is 0 Å². The minimum Gasteiger partial charge on any atom is -0.468 e. The van der Waals surface area contributed by atoms with E-state index >= 15 is 0 Å². The Balaban J connectivity index is 1.64. The summed E-state index contributed by atoms with van der Waals surface area (Å²) in [4.78, 5) is 47.2. The Morgan fingerprint density at radius 2 is 1.92 bits per heavy atom. The van der Waals surface area contributed by atoms with Crippen LogP contribution in [0.15, 0.2) is 30.3 Å². The summed E-state index contributed by atoms with van der Waals surface area (Å²) in [6.07, 6.45) is 3.34. The molecule has 2 aromatic rings. The largest absolute Gasteiger partial charge is 0.468 e. The number of likely N-dealkylation sites (tertiary alicyclic amines) is 1. The topological polar surface area (TPSA) is 163 Å². The Hall–Kier alpha value is -4.16. The van der Waals surface area contributed by atoms with Gasteiger partial charge in [0.25, 0.3) is 0 Å². The number of carbonyl (C=O) groups excluding carboxylic acids is 2. The quantitative estimate of drug-likeness (QED) is 0.170. The number of carbonyl (C=O) groups is 2. The fraction of sp³-hybridized carbons (Fsp3) is 0.538. The first-order valence-corrected chi connectivity index (χ1v) is 13.0. The molecule has 13 heteroatoms. The number of piperidine rings is 1. The molecule has 2 heterocycles. The van der Waals surface area contributed by atoms with Crippen molar-refractivity contribution in [2.24, 2.45) is 5.92 Å². The van der Waals surface area contributed by atoms with E-state index in [-0.39, 0.29) is 49.4 Å². The van der Waals surface area contributed by atoms with E-state index in [0.29, 0.717) is 26.1 Å². The summed E-state index contributed by atoms with van der Waals surface area (Å²) in [6.45, 7) is 3.63. The van der Waals surface area contributed by atoms with Crippen LogP contribution in [0.25, 0.3) is 0 Å². The molecule has 0 radical (unpaired) electrons.